The first-order valence-corrected chi connectivity index (χ1v) is 8.94. The number of thiazole rings is 1. The lowest BCUT2D eigenvalue weighted by atomic mass is 10.2. The van der Waals surface area contributed by atoms with E-state index in [1.165, 1.54) is 37.8 Å². The van der Waals surface area contributed by atoms with Crippen LogP contribution in [0.25, 0.3) is 10.6 Å². The lowest BCUT2D eigenvalue weighted by Gasteiger charge is -2.10. The van der Waals surface area contributed by atoms with Crippen LogP contribution in [0.15, 0.2) is 47.8 Å². The number of hydrogen-bond donors (Lipinski definition) is 2. The van der Waals surface area contributed by atoms with Crippen molar-refractivity contribution in [3.63, 3.8) is 0 Å². The summed E-state index contributed by atoms with van der Waals surface area (Å²) in [7, 11) is 2.94. The highest BCUT2D eigenvalue weighted by Crippen LogP contribution is 2.28. The summed E-state index contributed by atoms with van der Waals surface area (Å²) in [5.74, 6) is -0.723. The van der Waals surface area contributed by atoms with E-state index < -0.39 is 17.6 Å². The van der Waals surface area contributed by atoms with Gasteiger partial charge < -0.3 is 9.47 Å². The third-order valence-electron chi connectivity index (χ3n) is 3.78. The summed E-state index contributed by atoms with van der Waals surface area (Å²) in [6, 6.07) is 10.7. The predicted molar refractivity (Wildman–Crippen MR) is 102 cm³/mol. The van der Waals surface area contributed by atoms with Gasteiger partial charge in [-0.1, -0.05) is 12.1 Å². The molecule has 0 saturated heterocycles. The molecule has 1 heterocycles. The zero-order chi connectivity index (χ0) is 20.1. The first kappa shape index (κ1) is 19.3. The van der Waals surface area contributed by atoms with E-state index in [9.17, 15) is 14.0 Å². The van der Waals surface area contributed by atoms with E-state index in [1.54, 1.807) is 24.3 Å². The molecule has 0 fully saturated rings. The Morgan fingerprint density at radius 1 is 1.00 bits per heavy atom. The Hall–Kier alpha value is -3.46. The molecule has 28 heavy (non-hydrogen) atoms. The van der Waals surface area contributed by atoms with Crippen LogP contribution in [0.3, 0.4) is 0 Å². The van der Waals surface area contributed by atoms with Gasteiger partial charge in [0.05, 0.1) is 14.2 Å². The molecular formula is C19H16FN3O4S. The minimum atomic E-state index is -0.618. The van der Waals surface area contributed by atoms with Crippen molar-refractivity contribution in [1.82, 2.24) is 15.8 Å². The Morgan fingerprint density at radius 2 is 1.71 bits per heavy atom. The van der Waals surface area contributed by atoms with Crippen molar-refractivity contribution in [2.75, 3.05) is 14.2 Å². The number of hydrogen-bond acceptors (Lipinski definition) is 6. The molecule has 2 N–H and O–H groups in total. The molecule has 2 aromatic carbocycles. The molecule has 0 aliphatic carbocycles. The number of benzene rings is 2. The summed E-state index contributed by atoms with van der Waals surface area (Å²) in [5, 5.41) is 1.86. The first-order valence-electron chi connectivity index (χ1n) is 8.06. The average Bonchev–Trinajstić information content (AvgIpc) is 3.21. The van der Waals surface area contributed by atoms with Gasteiger partial charge in [-0.05, 0) is 30.3 Å². The number of nitrogens with zero attached hydrogens (tertiary/aromatic N) is 1. The molecule has 1 aromatic heterocycles. The summed E-state index contributed by atoms with van der Waals surface area (Å²) in [6.45, 7) is 0. The largest absolute Gasteiger partial charge is 0.493 e. The zero-order valence-corrected chi connectivity index (χ0v) is 15.8. The van der Waals surface area contributed by atoms with E-state index in [4.69, 9.17) is 9.47 Å². The number of hydrazine groups is 1. The van der Waals surface area contributed by atoms with Crippen LogP contribution in [-0.4, -0.2) is 31.0 Å². The van der Waals surface area contributed by atoms with Crippen LogP contribution in [-0.2, 0) is 0 Å². The molecular weight excluding hydrogens is 385 g/mol. The number of halogens is 1. The van der Waals surface area contributed by atoms with Gasteiger partial charge in [0, 0.05) is 16.5 Å². The van der Waals surface area contributed by atoms with E-state index in [0.717, 1.165) is 11.3 Å². The zero-order valence-electron chi connectivity index (χ0n) is 15.0. The summed E-state index contributed by atoms with van der Waals surface area (Å²) in [6.07, 6.45) is 0. The minimum absolute atomic E-state index is 0.0656. The van der Waals surface area contributed by atoms with Gasteiger partial charge in [0.15, 0.2) is 11.5 Å². The number of amides is 2. The predicted octanol–water partition coefficient (Wildman–Crippen LogP) is 3.04. The topological polar surface area (TPSA) is 89.6 Å². The number of carbonyl (C=O) groups is 2. The van der Waals surface area contributed by atoms with Gasteiger partial charge >= 0.3 is 0 Å². The second-order valence-corrected chi connectivity index (χ2v) is 6.35. The molecule has 0 atom stereocenters. The van der Waals surface area contributed by atoms with E-state index >= 15 is 0 Å². The van der Waals surface area contributed by atoms with Crippen LogP contribution >= 0.6 is 11.3 Å². The maximum atomic E-state index is 13.8. The quantitative estimate of drug-likeness (QED) is 0.642. The van der Waals surface area contributed by atoms with Gasteiger partial charge in [-0.3, -0.25) is 20.4 Å². The van der Waals surface area contributed by atoms with Crippen molar-refractivity contribution in [2.45, 2.75) is 0 Å². The van der Waals surface area contributed by atoms with Gasteiger partial charge in [-0.25, -0.2) is 9.37 Å². The highest BCUT2D eigenvalue weighted by atomic mass is 32.1. The van der Waals surface area contributed by atoms with Crippen molar-refractivity contribution in [3.05, 3.63) is 64.9 Å². The number of ether oxygens (including phenoxy) is 2. The maximum Gasteiger partial charge on any atom is 0.289 e. The normalized spacial score (nSPS) is 10.2. The molecule has 0 radical (unpaired) electrons. The monoisotopic (exact) mass is 401 g/mol. The number of nitrogens with one attached hydrogen (secondary N) is 2. The van der Waals surface area contributed by atoms with Crippen molar-refractivity contribution < 1.29 is 23.5 Å². The van der Waals surface area contributed by atoms with Crippen LogP contribution in [0.1, 0.15) is 20.8 Å². The van der Waals surface area contributed by atoms with Crippen molar-refractivity contribution in [3.8, 4) is 22.1 Å². The smallest absolute Gasteiger partial charge is 0.289 e. The van der Waals surface area contributed by atoms with E-state index in [1.807, 2.05) is 0 Å². The fourth-order valence-electron chi connectivity index (χ4n) is 2.36. The second kappa shape index (κ2) is 8.49. The van der Waals surface area contributed by atoms with Gasteiger partial charge in [0.1, 0.15) is 16.5 Å². The molecule has 0 unspecified atom stereocenters. The second-order valence-electron chi connectivity index (χ2n) is 5.50. The molecule has 3 rings (SSSR count). The third-order valence-corrected chi connectivity index (χ3v) is 4.65. The molecule has 3 aromatic rings. The fourth-order valence-corrected chi connectivity index (χ4v) is 3.19. The summed E-state index contributed by atoms with van der Waals surface area (Å²) in [5.41, 5.74) is 5.22. The van der Waals surface area contributed by atoms with E-state index in [-0.39, 0.29) is 11.3 Å². The fraction of sp³-hybridized carbons (Fsp3) is 0.105. The van der Waals surface area contributed by atoms with Crippen LogP contribution < -0.4 is 20.3 Å². The number of methoxy groups -OCH3 is 2. The van der Waals surface area contributed by atoms with Crippen LogP contribution in [0, 0.1) is 5.82 Å². The number of aromatic nitrogens is 1. The number of rotatable bonds is 5. The Labute approximate surface area is 164 Å². The molecule has 7 nitrogen and oxygen atoms in total. The summed E-state index contributed by atoms with van der Waals surface area (Å²) < 4.78 is 24.1. The highest BCUT2D eigenvalue weighted by molar-refractivity contribution is 7.13. The van der Waals surface area contributed by atoms with Crippen molar-refractivity contribution in [1.29, 1.82) is 0 Å². The molecule has 0 aliphatic heterocycles. The summed E-state index contributed by atoms with van der Waals surface area (Å²) >= 11 is 1.13. The molecule has 144 valence electrons. The van der Waals surface area contributed by atoms with Crippen LogP contribution in [0.4, 0.5) is 4.39 Å². The standard InChI is InChI=1S/C19H16FN3O4S/c1-26-15-8-7-11(9-16(15)27-2)17(24)22-23-18(25)14-10-28-19(21-14)12-5-3-4-6-13(12)20/h3-10H,1-2H3,(H,22,24)(H,23,25). The minimum Gasteiger partial charge on any atom is -0.493 e. The Morgan fingerprint density at radius 3 is 2.43 bits per heavy atom. The molecule has 0 spiro atoms. The van der Waals surface area contributed by atoms with Gasteiger partial charge in [-0.15, -0.1) is 11.3 Å². The lowest BCUT2D eigenvalue weighted by molar-refractivity contribution is 0.0844. The van der Waals surface area contributed by atoms with Gasteiger partial charge in [0.25, 0.3) is 11.8 Å². The number of carbonyl (C=O) groups excluding carboxylic acids is 2. The molecule has 0 bridgehead atoms. The molecule has 2 amide bonds. The third kappa shape index (κ3) is 4.09. The van der Waals surface area contributed by atoms with Crippen molar-refractivity contribution >= 4 is 23.2 Å². The maximum absolute atomic E-state index is 13.8. The molecule has 0 aliphatic rings. The first-order chi connectivity index (χ1) is 13.5. The molecule has 9 heteroatoms. The SMILES string of the molecule is COc1ccc(C(=O)NNC(=O)c2csc(-c3ccccc3F)n2)cc1OC. The van der Waals surface area contributed by atoms with Crippen molar-refractivity contribution in [2.24, 2.45) is 0 Å². The van der Waals surface area contributed by atoms with E-state index in [0.29, 0.717) is 22.1 Å². The van der Waals surface area contributed by atoms with Gasteiger partial charge in [0.2, 0.25) is 0 Å². The molecule has 0 saturated carbocycles. The van der Waals surface area contributed by atoms with Gasteiger partial charge in [-0.2, -0.15) is 0 Å². The highest BCUT2D eigenvalue weighted by Gasteiger charge is 2.16. The van der Waals surface area contributed by atoms with Crippen LogP contribution in [0.2, 0.25) is 0 Å². The Balaban J connectivity index is 1.66. The average molecular weight is 401 g/mol. The lowest BCUT2D eigenvalue weighted by Crippen LogP contribution is -2.41. The van der Waals surface area contributed by atoms with Crippen LogP contribution in [0.5, 0.6) is 11.5 Å². The Bertz CT molecular complexity index is 1020. The Kier molecular flexibility index (Phi) is 5.85. The summed E-state index contributed by atoms with van der Waals surface area (Å²) in [4.78, 5) is 28.6. The van der Waals surface area contributed by atoms with E-state index in [2.05, 4.69) is 15.8 Å².